The SMILES string of the molecule is CN1CC2(C1)CN(C(=O)OCC(F)F)C2. The molecular weight excluding hydrogens is 206 g/mol. The number of rotatable bonds is 2. The van der Waals surface area contributed by atoms with Crippen LogP contribution in [0.3, 0.4) is 0 Å². The minimum absolute atomic E-state index is 0.221. The standard InChI is InChI=1S/C9H14F2N2O2/c1-12-3-9(4-12)5-13(6-9)8(14)15-2-7(10)11/h7H,2-6H2,1H3. The molecule has 86 valence electrons. The van der Waals surface area contributed by atoms with Crippen LogP contribution in [0.2, 0.25) is 0 Å². The van der Waals surface area contributed by atoms with Crippen molar-refractivity contribution in [3.05, 3.63) is 0 Å². The molecule has 0 unspecified atom stereocenters. The van der Waals surface area contributed by atoms with Gasteiger partial charge < -0.3 is 14.5 Å². The van der Waals surface area contributed by atoms with Crippen LogP contribution in [-0.4, -0.2) is 62.2 Å². The largest absolute Gasteiger partial charge is 0.443 e. The molecule has 2 saturated heterocycles. The molecule has 0 bridgehead atoms. The molecule has 2 aliphatic rings. The summed E-state index contributed by atoms with van der Waals surface area (Å²) in [5.74, 6) is 0. The zero-order valence-electron chi connectivity index (χ0n) is 8.58. The highest BCUT2D eigenvalue weighted by atomic mass is 19.3. The van der Waals surface area contributed by atoms with Gasteiger partial charge in [-0.1, -0.05) is 0 Å². The predicted molar refractivity (Wildman–Crippen MR) is 48.9 cm³/mol. The molecule has 2 fully saturated rings. The first-order chi connectivity index (χ1) is 7.01. The van der Waals surface area contributed by atoms with E-state index in [2.05, 4.69) is 9.64 Å². The summed E-state index contributed by atoms with van der Waals surface area (Å²) >= 11 is 0. The third-order valence-corrected chi connectivity index (χ3v) is 2.85. The number of carbonyl (C=O) groups excluding carboxylic acids is 1. The molecule has 0 aliphatic carbocycles. The predicted octanol–water partition coefficient (Wildman–Crippen LogP) is 0.636. The zero-order chi connectivity index (χ0) is 11.1. The third-order valence-electron chi connectivity index (χ3n) is 2.85. The second-order valence-corrected chi connectivity index (χ2v) is 4.50. The highest BCUT2D eigenvalue weighted by Crippen LogP contribution is 2.38. The third kappa shape index (κ3) is 2.04. The number of amides is 1. The van der Waals surface area contributed by atoms with E-state index >= 15 is 0 Å². The second kappa shape index (κ2) is 3.59. The normalized spacial score (nSPS) is 23.9. The average Bonchev–Trinajstić information content (AvgIpc) is 2.04. The fourth-order valence-corrected chi connectivity index (χ4v) is 2.42. The first-order valence-electron chi connectivity index (χ1n) is 4.89. The number of hydrogen-bond acceptors (Lipinski definition) is 3. The Morgan fingerprint density at radius 3 is 2.47 bits per heavy atom. The molecule has 2 aliphatic heterocycles. The van der Waals surface area contributed by atoms with E-state index in [1.54, 1.807) is 0 Å². The Kier molecular flexibility index (Phi) is 2.54. The molecule has 0 aromatic heterocycles. The topological polar surface area (TPSA) is 32.8 Å². The maximum atomic E-state index is 11.8. The van der Waals surface area contributed by atoms with Gasteiger partial charge in [-0.25, -0.2) is 13.6 Å². The van der Waals surface area contributed by atoms with Crippen LogP contribution in [0.25, 0.3) is 0 Å². The lowest BCUT2D eigenvalue weighted by atomic mass is 9.73. The van der Waals surface area contributed by atoms with Gasteiger partial charge in [-0.05, 0) is 7.05 Å². The number of likely N-dealkylation sites (tertiary alicyclic amines) is 2. The first kappa shape index (κ1) is 10.6. The van der Waals surface area contributed by atoms with Crippen LogP contribution in [0.4, 0.5) is 13.6 Å². The molecule has 1 amide bonds. The minimum Gasteiger partial charge on any atom is -0.443 e. The summed E-state index contributed by atoms with van der Waals surface area (Å²) in [7, 11) is 2.02. The molecule has 4 nitrogen and oxygen atoms in total. The number of alkyl halides is 2. The number of ether oxygens (including phenoxy) is 1. The Morgan fingerprint density at radius 1 is 1.40 bits per heavy atom. The molecule has 15 heavy (non-hydrogen) atoms. The van der Waals surface area contributed by atoms with E-state index in [-0.39, 0.29) is 5.41 Å². The van der Waals surface area contributed by atoms with Crippen molar-refractivity contribution in [1.29, 1.82) is 0 Å². The van der Waals surface area contributed by atoms with Crippen molar-refractivity contribution < 1.29 is 18.3 Å². The summed E-state index contributed by atoms with van der Waals surface area (Å²) in [4.78, 5) is 14.8. The summed E-state index contributed by atoms with van der Waals surface area (Å²) in [5.41, 5.74) is 0.221. The average molecular weight is 220 g/mol. The summed E-state index contributed by atoms with van der Waals surface area (Å²) < 4.78 is 27.9. The summed E-state index contributed by atoms with van der Waals surface area (Å²) in [6.07, 6.45) is -3.20. The molecule has 0 N–H and O–H groups in total. The smallest absolute Gasteiger partial charge is 0.410 e. The molecule has 1 spiro atoms. The fourth-order valence-electron chi connectivity index (χ4n) is 2.42. The lowest BCUT2D eigenvalue weighted by Gasteiger charge is -2.58. The number of hydrogen-bond donors (Lipinski definition) is 0. The van der Waals surface area contributed by atoms with Gasteiger partial charge in [0.1, 0.15) is 0 Å². The van der Waals surface area contributed by atoms with Gasteiger partial charge >= 0.3 is 6.09 Å². The summed E-state index contributed by atoms with van der Waals surface area (Å²) in [6.45, 7) is 2.43. The van der Waals surface area contributed by atoms with Gasteiger partial charge in [0.05, 0.1) is 0 Å². The van der Waals surface area contributed by atoms with Crippen molar-refractivity contribution in [2.24, 2.45) is 5.41 Å². The van der Waals surface area contributed by atoms with E-state index in [1.165, 1.54) is 4.90 Å². The molecule has 0 atom stereocenters. The van der Waals surface area contributed by atoms with Crippen LogP contribution < -0.4 is 0 Å². The summed E-state index contributed by atoms with van der Waals surface area (Å²) in [5, 5.41) is 0. The zero-order valence-corrected chi connectivity index (χ0v) is 8.58. The van der Waals surface area contributed by atoms with Crippen molar-refractivity contribution in [2.45, 2.75) is 6.43 Å². The van der Waals surface area contributed by atoms with Crippen LogP contribution in [0.15, 0.2) is 0 Å². The van der Waals surface area contributed by atoms with Gasteiger partial charge in [-0.15, -0.1) is 0 Å². The van der Waals surface area contributed by atoms with E-state index in [0.29, 0.717) is 13.1 Å². The molecule has 2 rings (SSSR count). The lowest BCUT2D eigenvalue weighted by molar-refractivity contribution is -0.0978. The Balaban J connectivity index is 1.68. The van der Waals surface area contributed by atoms with Crippen molar-refractivity contribution in [3.63, 3.8) is 0 Å². The maximum absolute atomic E-state index is 11.8. The van der Waals surface area contributed by atoms with E-state index in [0.717, 1.165) is 13.1 Å². The molecule has 0 aromatic rings. The van der Waals surface area contributed by atoms with Crippen molar-refractivity contribution in [3.8, 4) is 0 Å². The van der Waals surface area contributed by atoms with Crippen LogP contribution in [0.5, 0.6) is 0 Å². The Bertz CT molecular complexity index is 259. The van der Waals surface area contributed by atoms with Crippen molar-refractivity contribution in [1.82, 2.24) is 9.80 Å². The highest BCUT2D eigenvalue weighted by Gasteiger charge is 2.52. The molecule has 6 heteroatoms. The lowest BCUT2D eigenvalue weighted by Crippen LogP contribution is -2.72. The molecule has 0 aromatic carbocycles. The van der Waals surface area contributed by atoms with E-state index in [9.17, 15) is 13.6 Å². The Hall–Kier alpha value is -0.910. The van der Waals surface area contributed by atoms with Gasteiger partial charge in [0.25, 0.3) is 6.43 Å². The number of carbonyl (C=O) groups is 1. The van der Waals surface area contributed by atoms with Gasteiger partial charge in [0.2, 0.25) is 0 Å². The van der Waals surface area contributed by atoms with E-state index in [1.807, 2.05) is 7.05 Å². The number of nitrogens with zero attached hydrogens (tertiary/aromatic N) is 2. The van der Waals surface area contributed by atoms with Crippen molar-refractivity contribution in [2.75, 3.05) is 39.8 Å². The maximum Gasteiger partial charge on any atom is 0.410 e. The monoisotopic (exact) mass is 220 g/mol. The van der Waals surface area contributed by atoms with Crippen LogP contribution in [0, 0.1) is 5.41 Å². The van der Waals surface area contributed by atoms with Gasteiger partial charge in [-0.3, -0.25) is 0 Å². The Labute approximate surface area is 86.8 Å². The molecular formula is C9H14F2N2O2. The highest BCUT2D eigenvalue weighted by molar-refractivity contribution is 5.69. The second-order valence-electron chi connectivity index (χ2n) is 4.50. The first-order valence-corrected chi connectivity index (χ1v) is 4.89. The molecule has 2 heterocycles. The van der Waals surface area contributed by atoms with Gasteiger partial charge in [0, 0.05) is 31.6 Å². The fraction of sp³-hybridized carbons (Fsp3) is 0.889. The molecule has 0 saturated carbocycles. The van der Waals surface area contributed by atoms with Gasteiger partial charge in [-0.2, -0.15) is 0 Å². The summed E-state index contributed by atoms with van der Waals surface area (Å²) in [6, 6.07) is 0. The quantitative estimate of drug-likeness (QED) is 0.684. The molecule has 0 radical (unpaired) electrons. The van der Waals surface area contributed by atoms with Crippen LogP contribution in [-0.2, 0) is 4.74 Å². The number of halogens is 2. The van der Waals surface area contributed by atoms with Crippen LogP contribution in [0.1, 0.15) is 0 Å². The van der Waals surface area contributed by atoms with Crippen molar-refractivity contribution >= 4 is 6.09 Å². The van der Waals surface area contributed by atoms with E-state index in [4.69, 9.17) is 0 Å². The van der Waals surface area contributed by atoms with E-state index < -0.39 is 19.1 Å². The van der Waals surface area contributed by atoms with Gasteiger partial charge in [0.15, 0.2) is 6.61 Å². The van der Waals surface area contributed by atoms with Crippen LogP contribution >= 0.6 is 0 Å². The Morgan fingerprint density at radius 2 is 2.00 bits per heavy atom. The minimum atomic E-state index is -2.58.